The summed E-state index contributed by atoms with van der Waals surface area (Å²) in [6.45, 7) is 1.06. The van der Waals surface area contributed by atoms with Gasteiger partial charge >= 0.3 is 5.97 Å². The average molecular weight is 305 g/mol. The molecule has 2 heterocycles. The highest BCUT2D eigenvalue weighted by Crippen LogP contribution is 2.27. The van der Waals surface area contributed by atoms with E-state index in [0.717, 1.165) is 11.3 Å². The highest BCUT2D eigenvalue weighted by atomic mass is 32.2. The molecule has 106 valence electrons. The summed E-state index contributed by atoms with van der Waals surface area (Å²) in [7, 11) is -2.27. The van der Waals surface area contributed by atoms with E-state index in [4.69, 9.17) is 9.84 Å². The Hall–Kier alpha value is -0.960. The SMILES string of the molecule is CN(C1CCOCC1)S(=O)(=O)c1ccsc1C(=O)O. The molecule has 6 nitrogen and oxygen atoms in total. The van der Waals surface area contributed by atoms with Crippen LogP contribution in [0.25, 0.3) is 0 Å². The van der Waals surface area contributed by atoms with Crippen molar-refractivity contribution in [1.82, 2.24) is 4.31 Å². The highest BCUT2D eigenvalue weighted by Gasteiger charge is 2.32. The Labute approximate surface area is 115 Å². The van der Waals surface area contributed by atoms with Crippen molar-refractivity contribution in [3.63, 3.8) is 0 Å². The zero-order valence-electron chi connectivity index (χ0n) is 10.4. The molecule has 0 saturated carbocycles. The number of carboxylic acid groups (broad SMARTS) is 1. The Morgan fingerprint density at radius 2 is 2.11 bits per heavy atom. The number of hydrogen-bond donors (Lipinski definition) is 1. The van der Waals surface area contributed by atoms with E-state index in [1.54, 1.807) is 0 Å². The van der Waals surface area contributed by atoms with E-state index in [9.17, 15) is 13.2 Å². The number of hydrogen-bond acceptors (Lipinski definition) is 5. The van der Waals surface area contributed by atoms with Gasteiger partial charge in [0.1, 0.15) is 9.77 Å². The molecule has 0 bridgehead atoms. The minimum atomic E-state index is -3.76. The van der Waals surface area contributed by atoms with Gasteiger partial charge < -0.3 is 9.84 Å². The van der Waals surface area contributed by atoms with Crippen LogP contribution in [0.2, 0.25) is 0 Å². The first-order chi connectivity index (χ1) is 8.94. The number of carbonyl (C=O) groups is 1. The second-order valence-electron chi connectivity index (χ2n) is 4.28. The summed E-state index contributed by atoms with van der Waals surface area (Å²) in [6.07, 6.45) is 1.25. The van der Waals surface area contributed by atoms with E-state index in [0.29, 0.717) is 26.1 Å². The number of nitrogens with zero attached hydrogens (tertiary/aromatic N) is 1. The Morgan fingerprint density at radius 3 is 2.68 bits per heavy atom. The Kier molecular flexibility index (Phi) is 4.24. The minimum Gasteiger partial charge on any atom is -0.477 e. The Morgan fingerprint density at radius 1 is 1.47 bits per heavy atom. The van der Waals surface area contributed by atoms with E-state index in [1.807, 2.05) is 0 Å². The van der Waals surface area contributed by atoms with Crippen LogP contribution in [0.1, 0.15) is 22.5 Å². The minimum absolute atomic E-state index is 0.126. The second kappa shape index (κ2) is 5.58. The number of sulfonamides is 1. The van der Waals surface area contributed by atoms with Crippen molar-refractivity contribution in [3.05, 3.63) is 16.3 Å². The van der Waals surface area contributed by atoms with E-state index >= 15 is 0 Å². The molecule has 0 unspecified atom stereocenters. The predicted molar refractivity (Wildman–Crippen MR) is 70.1 cm³/mol. The lowest BCUT2D eigenvalue weighted by molar-refractivity contribution is 0.0629. The normalized spacial score (nSPS) is 17.8. The highest BCUT2D eigenvalue weighted by molar-refractivity contribution is 7.89. The molecule has 1 saturated heterocycles. The van der Waals surface area contributed by atoms with Gasteiger partial charge in [0.2, 0.25) is 10.0 Å². The second-order valence-corrected chi connectivity index (χ2v) is 7.17. The van der Waals surface area contributed by atoms with Gasteiger partial charge in [0.05, 0.1) is 0 Å². The van der Waals surface area contributed by atoms with Gasteiger partial charge in [-0.25, -0.2) is 13.2 Å². The summed E-state index contributed by atoms with van der Waals surface area (Å²) in [5, 5.41) is 10.5. The van der Waals surface area contributed by atoms with Gasteiger partial charge in [-0.15, -0.1) is 11.3 Å². The van der Waals surface area contributed by atoms with Crippen molar-refractivity contribution in [3.8, 4) is 0 Å². The Balaban J connectivity index is 2.30. The van der Waals surface area contributed by atoms with Gasteiger partial charge in [-0.1, -0.05) is 0 Å². The third kappa shape index (κ3) is 2.81. The summed E-state index contributed by atoms with van der Waals surface area (Å²) in [6, 6.07) is 1.21. The van der Waals surface area contributed by atoms with Crippen LogP contribution in [0.3, 0.4) is 0 Å². The summed E-state index contributed by atoms with van der Waals surface area (Å²) in [5.41, 5.74) is 0. The van der Waals surface area contributed by atoms with Crippen molar-refractivity contribution in [2.75, 3.05) is 20.3 Å². The molecule has 0 amide bonds. The number of rotatable bonds is 4. The molecule has 8 heteroatoms. The van der Waals surface area contributed by atoms with Crippen molar-refractivity contribution >= 4 is 27.3 Å². The van der Waals surface area contributed by atoms with Gasteiger partial charge in [-0.05, 0) is 24.3 Å². The maximum Gasteiger partial charge on any atom is 0.347 e. The topological polar surface area (TPSA) is 83.9 Å². The van der Waals surface area contributed by atoms with Gasteiger partial charge in [0, 0.05) is 26.3 Å². The lowest BCUT2D eigenvalue weighted by Gasteiger charge is -2.30. The van der Waals surface area contributed by atoms with Crippen molar-refractivity contribution in [1.29, 1.82) is 0 Å². The Bertz CT molecular complexity index is 559. The smallest absolute Gasteiger partial charge is 0.347 e. The third-order valence-corrected chi connectivity index (χ3v) is 6.17. The first kappa shape index (κ1) is 14.4. The molecule has 1 aliphatic rings. The first-order valence-corrected chi connectivity index (χ1v) is 8.13. The molecule has 0 aromatic carbocycles. The monoisotopic (exact) mass is 305 g/mol. The largest absolute Gasteiger partial charge is 0.477 e. The molecule has 1 fully saturated rings. The third-order valence-electron chi connectivity index (χ3n) is 3.19. The van der Waals surface area contributed by atoms with Gasteiger partial charge in [0.25, 0.3) is 0 Å². The summed E-state index contributed by atoms with van der Waals surface area (Å²) >= 11 is 0.919. The van der Waals surface area contributed by atoms with E-state index in [-0.39, 0.29) is 15.8 Å². The lowest BCUT2D eigenvalue weighted by Crippen LogP contribution is -2.40. The fourth-order valence-corrected chi connectivity index (χ4v) is 4.70. The summed E-state index contributed by atoms with van der Waals surface area (Å²) in [4.78, 5) is 10.8. The van der Waals surface area contributed by atoms with Gasteiger partial charge in [-0.2, -0.15) is 4.31 Å². The fourth-order valence-electron chi connectivity index (χ4n) is 2.06. The molecule has 0 radical (unpaired) electrons. The molecular formula is C11H15NO5S2. The van der Waals surface area contributed by atoms with Crippen LogP contribution in [0.4, 0.5) is 0 Å². The number of ether oxygens (including phenoxy) is 1. The summed E-state index contributed by atoms with van der Waals surface area (Å²) in [5.74, 6) is -1.21. The maximum atomic E-state index is 12.4. The average Bonchev–Trinajstić information content (AvgIpc) is 2.89. The van der Waals surface area contributed by atoms with E-state index in [1.165, 1.54) is 22.8 Å². The van der Waals surface area contributed by atoms with E-state index in [2.05, 4.69) is 0 Å². The van der Waals surface area contributed by atoms with Crippen LogP contribution in [0, 0.1) is 0 Å². The van der Waals surface area contributed by atoms with Crippen LogP contribution in [-0.2, 0) is 14.8 Å². The van der Waals surface area contributed by atoms with Crippen molar-refractivity contribution < 1.29 is 23.1 Å². The number of thiophene rings is 1. The van der Waals surface area contributed by atoms with E-state index < -0.39 is 16.0 Å². The van der Waals surface area contributed by atoms with Crippen LogP contribution < -0.4 is 0 Å². The molecule has 1 aromatic rings. The molecular weight excluding hydrogens is 290 g/mol. The standard InChI is InChI=1S/C11H15NO5S2/c1-12(8-2-5-17-6-3-8)19(15,16)9-4-7-18-10(9)11(13)14/h4,7-8H,2-3,5-6H2,1H3,(H,13,14). The van der Waals surface area contributed by atoms with Crippen molar-refractivity contribution in [2.45, 2.75) is 23.8 Å². The molecule has 2 rings (SSSR count). The maximum absolute atomic E-state index is 12.4. The quantitative estimate of drug-likeness (QED) is 0.905. The number of carboxylic acids is 1. The molecule has 1 N–H and O–H groups in total. The fraction of sp³-hybridized carbons (Fsp3) is 0.545. The van der Waals surface area contributed by atoms with Gasteiger partial charge in [-0.3, -0.25) is 0 Å². The van der Waals surface area contributed by atoms with Crippen LogP contribution >= 0.6 is 11.3 Å². The molecule has 0 atom stereocenters. The molecule has 1 aliphatic heterocycles. The van der Waals surface area contributed by atoms with Crippen LogP contribution in [0.5, 0.6) is 0 Å². The zero-order valence-corrected chi connectivity index (χ0v) is 12.0. The summed E-state index contributed by atoms with van der Waals surface area (Å²) < 4.78 is 31.4. The zero-order chi connectivity index (χ0) is 14.0. The molecule has 1 aromatic heterocycles. The molecule has 0 aliphatic carbocycles. The lowest BCUT2D eigenvalue weighted by atomic mass is 10.1. The van der Waals surface area contributed by atoms with Crippen LogP contribution in [-0.4, -0.2) is 50.1 Å². The number of aromatic carboxylic acids is 1. The van der Waals surface area contributed by atoms with Gasteiger partial charge in [0.15, 0.2) is 0 Å². The predicted octanol–water partition coefficient (Wildman–Crippen LogP) is 1.25. The first-order valence-electron chi connectivity index (χ1n) is 5.81. The molecule has 0 spiro atoms. The van der Waals surface area contributed by atoms with Crippen LogP contribution in [0.15, 0.2) is 16.3 Å². The van der Waals surface area contributed by atoms with Crippen molar-refractivity contribution in [2.24, 2.45) is 0 Å². The molecule has 19 heavy (non-hydrogen) atoms.